The molecule has 0 spiro atoms. The van der Waals surface area contributed by atoms with Crippen molar-refractivity contribution in [1.82, 2.24) is 34.0 Å². The number of amides is 2. The number of aromatic nitrogens is 4. The van der Waals surface area contributed by atoms with Crippen molar-refractivity contribution in [2.45, 2.75) is 26.8 Å². The molecule has 0 radical (unpaired) electrons. The van der Waals surface area contributed by atoms with Crippen LogP contribution in [0.15, 0.2) is 17.3 Å². The van der Waals surface area contributed by atoms with Crippen molar-refractivity contribution in [3.05, 3.63) is 22.9 Å². The van der Waals surface area contributed by atoms with Crippen molar-refractivity contribution in [3.8, 4) is 0 Å². The number of carbonyl (C=O) groups excluding carboxylic acids is 2. The van der Waals surface area contributed by atoms with Gasteiger partial charge in [-0.2, -0.15) is 5.10 Å². The molecule has 0 bridgehead atoms. The van der Waals surface area contributed by atoms with Gasteiger partial charge in [-0.3, -0.25) is 28.5 Å². The molecule has 0 atom stereocenters. The van der Waals surface area contributed by atoms with Crippen LogP contribution in [-0.4, -0.2) is 91.7 Å². The third-order valence-corrected chi connectivity index (χ3v) is 5.44. The molecule has 3 rings (SSSR count). The van der Waals surface area contributed by atoms with Crippen molar-refractivity contribution in [3.63, 3.8) is 0 Å². The maximum Gasteiger partial charge on any atom is 0.264 e. The number of hydrogen-bond donors (Lipinski definition) is 0. The van der Waals surface area contributed by atoms with Crippen molar-refractivity contribution in [2.75, 3.05) is 45.8 Å². The first-order chi connectivity index (χ1) is 13.9. The van der Waals surface area contributed by atoms with Gasteiger partial charge >= 0.3 is 0 Å². The summed E-state index contributed by atoms with van der Waals surface area (Å²) in [5.41, 5.74) is 0.236. The highest BCUT2D eigenvalue weighted by atomic mass is 16.2. The van der Waals surface area contributed by atoms with E-state index >= 15 is 0 Å². The molecule has 10 nitrogen and oxygen atoms in total. The third kappa shape index (κ3) is 4.64. The van der Waals surface area contributed by atoms with Crippen LogP contribution in [0.5, 0.6) is 0 Å². The van der Waals surface area contributed by atoms with Gasteiger partial charge in [0.2, 0.25) is 11.8 Å². The van der Waals surface area contributed by atoms with Crippen LogP contribution >= 0.6 is 0 Å². The molecule has 1 aliphatic heterocycles. The number of aryl methyl sites for hydroxylation is 1. The largest absolute Gasteiger partial charge is 0.342 e. The van der Waals surface area contributed by atoms with Crippen LogP contribution in [0, 0.1) is 0 Å². The standard InChI is InChI=1S/C19H29N7O3/c1-4-24(5-2)16(27)12-23-7-6-8-25(10-9-23)17(28)13-26-14-20-18-15(19(26)29)11-21-22(18)3/h11,14H,4-10,12-13H2,1-3H3. The second kappa shape index (κ2) is 9.17. The lowest BCUT2D eigenvalue weighted by molar-refractivity contribution is -0.132. The van der Waals surface area contributed by atoms with Gasteiger partial charge < -0.3 is 9.80 Å². The Labute approximate surface area is 169 Å². The molecule has 10 heteroatoms. The molecule has 29 heavy (non-hydrogen) atoms. The van der Waals surface area contributed by atoms with Crippen LogP contribution in [-0.2, 0) is 23.2 Å². The van der Waals surface area contributed by atoms with E-state index in [1.807, 2.05) is 18.7 Å². The summed E-state index contributed by atoms with van der Waals surface area (Å²) in [4.78, 5) is 47.6. The second-order valence-electron chi connectivity index (χ2n) is 7.26. The van der Waals surface area contributed by atoms with Gasteiger partial charge in [0.25, 0.3) is 5.56 Å². The first kappa shape index (κ1) is 21.0. The monoisotopic (exact) mass is 403 g/mol. The molecule has 2 aromatic heterocycles. The number of carbonyl (C=O) groups is 2. The molecule has 1 aliphatic rings. The fraction of sp³-hybridized carbons (Fsp3) is 0.632. The molecule has 0 saturated carbocycles. The summed E-state index contributed by atoms with van der Waals surface area (Å²) in [5, 5.41) is 4.45. The van der Waals surface area contributed by atoms with E-state index in [1.54, 1.807) is 11.9 Å². The summed E-state index contributed by atoms with van der Waals surface area (Å²) in [6.45, 7) is 8.28. The number of fused-ring (bicyclic) bond motifs is 1. The zero-order valence-electron chi connectivity index (χ0n) is 17.4. The van der Waals surface area contributed by atoms with Gasteiger partial charge in [-0.05, 0) is 20.3 Å². The van der Waals surface area contributed by atoms with Gasteiger partial charge in [0.15, 0.2) is 5.65 Å². The SMILES string of the molecule is CCN(CC)C(=O)CN1CCCN(C(=O)Cn2cnc3c(cnn3C)c2=O)CC1. The summed E-state index contributed by atoms with van der Waals surface area (Å²) in [6, 6.07) is 0. The Bertz CT molecular complexity index is 932. The molecule has 0 aromatic carbocycles. The van der Waals surface area contributed by atoms with Crippen LogP contribution in [0.2, 0.25) is 0 Å². The van der Waals surface area contributed by atoms with Crippen LogP contribution in [0.4, 0.5) is 0 Å². The molecule has 0 unspecified atom stereocenters. The third-order valence-electron chi connectivity index (χ3n) is 5.44. The van der Waals surface area contributed by atoms with Crippen molar-refractivity contribution < 1.29 is 9.59 Å². The lowest BCUT2D eigenvalue weighted by Crippen LogP contribution is -2.42. The molecular formula is C19H29N7O3. The zero-order valence-corrected chi connectivity index (χ0v) is 17.4. The number of nitrogens with zero attached hydrogens (tertiary/aromatic N) is 7. The lowest BCUT2D eigenvalue weighted by Gasteiger charge is -2.25. The molecule has 3 heterocycles. The Morgan fingerprint density at radius 1 is 1.10 bits per heavy atom. The minimum absolute atomic E-state index is 0.0466. The summed E-state index contributed by atoms with van der Waals surface area (Å²) in [5.74, 6) is 0.00577. The quantitative estimate of drug-likeness (QED) is 0.647. The van der Waals surface area contributed by atoms with E-state index in [0.29, 0.717) is 50.3 Å². The van der Waals surface area contributed by atoms with Crippen LogP contribution < -0.4 is 5.56 Å². The highest BCUT2D eigenvalue weighted by Gasteiger charge is 2.22. The van der Waals surface area contributed by atoms with E-state index < -0.39 is 0 Å². The van der Waals surface area contributed by atoms with Gasteiger partial charge in [-0.25, -0.2) is 4.98 Å². The number of rotatable bonds is 6. The minimum atomic E-state index is -0.266. The van der Waals surface area contributed by atoms with Gasteiger partial charge in [-0.1, -0.05) is 0 Å². The molecule has 158 valence electrons. The van der Waals surface area contributed by atoms with Crippen molar-refractivity contribution in [2.24, 2.45) is 7.05 Å². The summed E-state index contributed by atoms with van der Waals surface area (Å²) in [7, 11) is 1.72. The van der Waals surface area contributed by atoms with E-state index in [4.69, 9.17) is 0 Å². The summed E-state index contributed by atoms with van der Waals surface area (Å²) in [6.07, 6.45) is 3.67. The zero-order chi connectivity index (χ0) is 21.0. The van der Waals surface area contributed by atoms with Crippen molar-refractivity contribution in [1.29, 1.82) is 0 Å². The molecule has 0 aliphatic carbocycles. The normalized spacial score (nSPS) is 15.5. The highest BCUT2D eigenvalue weighted by molar-refractivity contribution is 5.78. The minimum Gasteiger partial charge on any atom is -0.342 e. The molecular weight excluding hydrogens is 374 g/mol. The maximum atomic E-state index is 12.8. The maximum absolute atomic E-state index is 12.8. The van der Waals surface area contributed by atoms with E-state index in [-0.39, 0.29) is 23.9 Å². The lowest BCUT2D eigenvalue weighted by atomic mass is 10.3. The molecule has 0 N–H and O–H groups in total. The first-order valence-electron chi connectivity index (χ1n) is 10.1. The Morgan fingerprint density at radius 2 is 1.86 bits per heavy atom. The Morgan fingerprint density at radius 3 is 2.59 bits per heavy atom. The van der Waals surface area contributed by atoms with Crippen molar-refractivity contribution >= 4 is 22.8 Å². The number of likely N-dealkylation sites (N-methyl/N-ethyl adjacent to an activating group) is 1. The Hall–Kier alpha value is -2.75. The summed E-state index contributed by atoms with van der Waals surface area (Å²) >= 11 is 0. The number of hydrogen-bond acceptors (Lipinski definition) is 6. The van der Waals surface area contributed by atoms with Crippen LogP contribution in [0.25, 0.3) is 11.0 Å². The average Bonchev–Trinajstić information content (AvgIpc) is 2.93. The second-order valence-corrected chi connectivity index (χ2v) is 7.26. The Balaban J connectivity index is 1.60. The van der Waals surface area contributed by atoms with Gasteiger partial charge in [-0.15, -0.1) is 0 Å². The van der Waals surface area contributed by atoms with E-state index in [2.05, 4.69) is 15.0 Å². The Kier molecular flexibility index (Phi) is 6.63. The van der Waals surface area contributed by atoms with Gasteiger partial charge in [0.05, 0.1) is 12.7 Å². The summed E-state index contributed by atoms with van der Waals surface area (Å²) < 4.78 is 2.87. The molecule has 2 amide bonds. The molecule has 2 aromatic rings. The smallest absolute Gasteiger partial charge is 0.264 e. The first-order valence-corrected chi connectivity index (χ1v) is 10.1. The average molecular weight is 403 g/mol. The van der Waals surface area contributed by atoms with Crippen LogP contribution in [0.1, 0.15) is 20.3 Å². The van der Waals surface area contributed by atoms with Crippen LogP contribution in [0.3, 0.4) is 0 Å². The topological polar surface area (TPSA) is 96.6 Å². The van der Waals surface area contributed by atoms with Gasteiger partial charge in [0, 0.05) is 46.3 Å². The predicted octanol–water partition coefficient (Wildman–Crippen LogP) is -0.467. The molecule has 1 saturated heterocycles. The fourth-order valence-corrected chi connectivity index (χ4v) is 3.67. The molecule has 1 fully saturated rings. The van der Waals surface area contributed by atoms with E-state index in [9.17, 15) is 14.4 Å². The fourth-order valence-electron chi connectivity index (χ4n) is 3.67. The highest BCUT2D eigenvalue weighted by Crippen LogP contribution is 2.07. The van der Waals surface area contributed by atoms with E-state index in [1.165, 1.54) is 21.8 Å². The van der Waals surface area contributed by atoms with E-state index in [0.717, 1.165) is 13.0 Å². The predicted molar refractivity (Wildman–Crippen MR) is 108 cm³/mol. The van der Waals surface area contributed by atoms with Gasteiger partial charge in [0.1, 0.15) is 18.3 Å².